The Kier molecular flexibility index (Phi) is 4.57. The molecule has 0 fully saturated rings. The Morgan fingerprint density at radius 2 is 2.25 bits per heavy atom. The summed E-state index contributed by atoms with van der Waals surface area (Å²) in [5.41, 5.74) is 0. The molecule has 0 aromatic rings. The van der Waals surface area contributed by atoms with E-state index in [0.717, 1.165) is 0 Å². The molecule has 3 nitrogen and oxygen atoms in total. The first-order valence-corrected chi connectivity index (χ1v) is 3.65. The van der Waals surface area contributed by atoms with Gasteiger partial charge in [0.15, 0.2) is 5.92 Å². The van der Waals surface area contributed by atoms with Crippen molar-refractivity contribution in [3.8, 4) is 18.4 Å². The van der Waals surface area contributed by atoms with Crippen molar-refractivity contribution >= 4 is 5.97 Å². The summed E-state index contributed by atoms with van der Waals surface area (Å²) < 4.78 is 4.80. The van der Waals surface area contributed by atoms with Gasteiger partial charge in [-0.1, -0.05) is 0 Å². The molecule has 0 radical (unpaired) electrons. The van der Waals surface area contributed by atoms with Crippen molar-refractivity contribution in [3.05, 3.63) is 0 Å². The predicted octanol–water partition coefficient (Wildman–Crippen LogP) is 1.10. The standard InChI is InChI=1S/C9H11NO2/c1-4-5-8(6-10)9(11)12-7(2)3/h1,7-8H,5H2,2-3H3. The molecule has 0 saturated heterocycles. The van der Waals surface area contributed by atoms with Gasteiger partial charge in [0.1, 0.15) is 0 Å². The van der Waals surface area contributed by atoms with Gasteiger partial charge >= 0.3 is 5.97 Å². The number of terminal acetylenes is 1. The van der Waals surface area contributed by atoms with Gasteiger partial charge in [-0.25, -0.2) is 0 Å². The van der Waals surface area contributed by atoms with E-state index in [0.29, 0.717) is 0 Å². The summed E-state index contributed by atoms with van der Waals surface area (Å²) in [4.78, 5) is 11.0. The molecule has 1 atom stereocenters. The summed E-state index contributed by atoms with van der Waals surface area (Å²) in [5, 5.41) is 8.49. The minimum atomic E-state index is -0.822. The first-order chi connectivity index (χ1) is 5.61. The van der Waals surface area contributed by atoms with Crippen LogP contribution in [0.2, 0.25) is 0 Å². The highest BCUT2D eigenvalue weighted by Gasteiger charge is 2.18. The molecule has 12 heavy (non-hydrogen) atoms. The molecule has 0 aliphatic carbocycles. The van der Waals surface area contributed by atoms with E-state index in [1.807, 2.05) is 0 Å². The topological polar surface area (TPSA) is 50.1 Å². The lowest BCUT2D eigenvalue weighted by molar-refractivity contribution is -0.150. The molecule has 0 amide bonds. The first kappa shape index (κ1) is 10.5. The van der Waals surface area contributed by atoms with Crippen LogP contribution in [0.15, 0.2) is 0 Å². The summed E-state index contributed by atoms with van der Waals surface area (Å²) >= 11 is 0. The van der Waals surface area contributed by atoms with Gasteiger partial charge in [0.25, 0.3) is 0 Å². The number of hydrogen-bond acceptors (Lipinski definition) is 3. The predicted molar refractivity (Wildman–Crippen MR) is 43.8 cm³/mol. The monoisotopic (exact) mass is 165 g/mol. The van der Waals surface area contributed by atoms with Crippen molar-refractivity contribution in [1.29, 1.82) is 5.26 Å². The van der Waals surface area contributed by atoms with Gasteiger partial charge in [0.2, 0.25) is 0 Å². The maximum Gasteiger partial charge on any atom is 0.324 e. The number of ether oxygens (including phenoxy) is 1. The SMILES string of the molecule is C#CCC(C#N)C(=O)OC(C)C. The van der Waals surface area contributed by atoms with Crippen molar-refractivity contribution in [2.24, 2.45) is 5.92 Å². The summed E-state index contributed by atoms with van der Waals surface area (Å²) in [5.74, 6) is 0.891. The van der Waals surface area contributed by atoms with Gasteiger partial charge in [-0.2, -0.15) is 5.26 Å². The van der Waals surface area contributed by atoms with Crippen molar-refractivity contribution in [3.63, 3.8) is 0 Å². The fourth-order valence-electron chi connectivity index (χ4n) is 0.614. The van der Waals surface area contributed by atoms with Crippen LogP contribution in [-0.2, 0) is 9.53 Å². The zero-order chi connectivity index (χ0) is 9.56. The van der Waals surface area contributed by atoms with Gasteiger partial charge in [0, 0.05) is 6.42 Å². The lowest BCUT2D eigenvalue weighted by Gasteiger charge is -2.09. The number of hydrogen-bond donors (Lipinski definition) is 0. The number of nitriles is 1. The summed E-state index contributed by atoms with van der Waals surface area (Å²) in [7, 11) is 0. The molecule has 0 saturated carbocycles. The molecule has 0 spiro atoms. The molecular weight excluding hydrogens is 154 g/mol. The minimum absolute atomic E-state index is 0.113. The van der Waals surface area contributed by atoms with E-state index in [4.69, 9.17) is 16.4 Å². The largest absolute Gasteiger partial charge is 0.462 e. The highest BCUT2D eigenvalue weighted by Crippen LogP contribution is 2.04. The normalized spacial score (nSPS) is 11.4. The molecule has 0 aliphatic rings. The van der Waals surface area contributed by atoms with Crippen LogP contribution in [0.3, 0.4) is 0 Å². The van der Waals surface area contributed by atoms with Crippen LogP contribution < -0.4 is 0 Å². The lowest BCUT2D eigenvalue weighted by atomic mass is 10.1. The molecule has 0 rings (SSSR count). The van der Waals surface area contributed by atoms with Crippen molar-refractivity contribution in [1.82, 2.24) is 0 Å². The van der Waals surface area contributed by atoms with E-state index in [2.05, 4.69) is 5.92 Å². The van der Waals surface area contributed by atoms with Crippen LogP contribution >= 0.6 is 0 Å². The van der Waals surface area contributed by atoms with E-state index in [9.17, 15) is 4.79 Å². The molecule has 64 valence electrons. The fourth-order valence-corrected chi connectivity index (χ4v) is 0.614. The Morgan fingerprint density at radius 3 is 2.58 bits per heavy atom. The molecule has 1 unspecified atom stereocenters. The molecule has 0 bridgehead atoms. The Bertz CT molecular complexity index is 232. The average Bonchev–Trinajstić information content (AvgIpc) is 1.98. The summed E-state index contributed by atoms with van der Waals surface area (Å²) in [6.45, 7) is 3.45. The maximum absolute atomic E-state index is 11.0. The first-order valence-electron chi connectivity index (χ1n) is 3.65. The van der Waals surface area contributed by atoms with Crippen molar-refractivity contribution in [2.75, 3.05) is 0 Å². The van der Waals surface area contributed by atoms with Gasteiger partial charge < -0.3 is 4.74 Å². The number of rotatable bonds is 3. The Hall–Kier alpha value is -1.48. The van der Waals surface area contributed by atoms with Crippen LogP contribution in [0.5, 0.6) is 0 Å². The van der Waals surface area contributed by atoms with Gasteiger partial charge in [0.05, 0.1) is 12.2 Å². The minimum Gasteiger partial charge on any atom is -0.462 e. The van der Waals surface area contributed by atoms with Crippen LogP contribution in [0.25, 0.3) is 0 Å². The highest BCUT2D eigenvalue weighted by atomic mass is 16.5. The molecule has 0 heterocycles. The van der Waals surface area contributed by atoms with Crippen LogP contribution in [-0.4, -0.2) is 12.1 Å². The highest BCUT2D eigenvalue weighted by molar-refractivity contribution is 5.75. The molecule has 0 N–H and O–H groups in total. The zero-order valence-corrected chi connectivity index (χ0v) is 7.20. The van der Waals surface area contributed by atoms with Gasteiger partial charge in [-0.3, -0.25) is 4.79 Å². The zero-order valence-electron chi connectivity index (χ0n) is 7.20. The average molecular weight is 165 g/mol. The van der Waals surface area contributed by atoms with E-state index in [1.165, 1.54) is 0 Å². The lowest BCUT2D eigenvalue weighted by Crippen LogP contribution is -2.19. The van der Waals surface area contributed by atoms with Crippen molar-refractivity contribution in [2.45, 2.75) is 26.4 Å². The third kappa shape index (κ3) is 3.63. The molecule has 3 heteroatoms. The number of esters is 1. The Morgan fingerprint density at radius 1 is 1.67 bits per heavy atom. The Labute approximate surface area is 72.3 Å². The van der Waals surface area contributed by atoms with E-state index >= 15 is 0 Å². The fraction of sp³-hybridized carbons (Fsp3) is 0.556. The smallest absolute Gasteiger partial charge is 0.324 e. The van der Waals surface area contributed by atoms with Crippen LogP contribution in [0.4, 0.5) is 0 Å². The number of carbonyl (C=O) groups excluding carboxylic acids is 1. The third-order valence-electron chi connectivity index (χ3n) is 1.11. The molecule has 0 aromatic carbocycles. The second-order valence-corrected chi connectivity index (χ2v) is 2.58. The third-order valence-corrected chi connectivity index (χ3v) is 1.11. The molecular formula is C9H11NO2. The van der Waals surface area contributed by atoms with E-state index in [1.54, 1.807) is 19.9 Å². The van der Waals surface area contributed by atoms with Gasteiger partial charge in [-0.05, 0) is 13.8 Å². The molecule has 0 aromatic heterocycles. The van der Waals surface area contributed by atoms with Crippen molar-refractivity contribution < 1.29 is 9.53 Å². The van der Waals surface area contributed by atoms with Crippen LogP contribution in [0, 0.1) is 29.6 Å². The Balaban J connectivity index is 4.08. The maximum atomic E-state index is 11.0. The summed E-state index contributed by atoms with van der Waals surface area (Å²) in [6.07, 6.45) is 4.88. The number of nitrogens with zero attached hydrogens (tertiary/aromatic N) is 1. The van der Waals surface area contributed by atoms with E-state index in [-0.39, 0.29) is 12.5 Å². The molecule has 0 aliphatic heterocycles. The second kappa shape index (κ2) is 5.21. The quantitative estimate of drug-likeness (QED) is 0.464. The van der Waals surface area contributed by atoms with Crippen LogP contribution in [0.1, 0.15) is 20.3 Å². The van der Waals surface area contributed by atoms with Gasteiger partial charge in [-0.15, -0.1) is 12.3 Å². The number of carbonyl (C=O) groups is 1. The summed E-state index contributed by atoms with van der Waals surface area (Å²) in [6, 6.07) is 1.79. The van der Waals surface area contributed by atoms with E-state index < -0.39 is 11.9 Å². The second-order valence-electron chi connectivity index (χ2n) is 2.58.